The Balaban J connectivity index is 2.01. The van der Waals surface area contributed by atoms with Gasteiger partial charge >= 0.3 is 6.09 Å². The summed E-state index contributed by atoms with van der Waals surface area (Å²) in [5.74, 6) is 0. The van der Waals surface area contributed by atoms with Crippen LogP contribution in [0.25, 0.3) is 10.9 Å². The molecule has 1 aliphatic rings. The Morgan fingerprint density at radius 3 is 2.64 bits per heavy atom. The molecule has 1 aromatic carbocycles. The molecular weight excluding hydrogens is 429 g/mol. The van der Waals surface area contributed by atoms with E-state index in [1.54, 1.807) is 0 Å². The van der Waals surface area contributed by atoms with E-state index in [0.29, 0.717) is 0 Å². The van der Waals surface area contributed by atoms with Crippen LogP contribution in [-0.2, 0) is 4.74 Å². The summed E-state index contributed by atoms with van der Waals surface area (Å²) in [5.41, 5.74) is 1.46. The number of aromatic nitrogens is 1. The van der Waals surface area contributed by atoms with Gasteiger partial charge in [-0.15, -0.1) is 0 Å². The van der Waals surface area contributed by atoms with Crippen LogP contribution in [0.1, 0.15) is 33.6 Å². The number of fused-ring (bicyclic) bond motifs is 1. The molecule has 5 nitrogen and oxygen atoms in total. The summed E-state index contributed by atoms with van der Waals surface area (Å²) in [6.07, 6.45) is 1.65. The van der Waals surface area contributed by atoms with E-state index in [2.05, 4.69) is 45.6 Å². The zero-order valence-electron chi connectivity index (χ0n) is 15.3. The van der Waals surface area contributed by atoms with Crippen LogP contribution in [0.3, 0.4) is 0 Å². The molecule has 2 heterocycles. The number of piperidine rings is 1. The van der Waals surface area contributed by atoms with Crippen LogP contribution in [-0.4, -0.2) is 47.8 Å². The van der Waals surface area contributed by atoms with Gasteiger partial charge < -0.3 is 14.6 Å². The van der Waals surface area contributed by atoms with Gasteiger partial charge in [0.05, 0.1) is 9.39 Å². The minimum absolute atomic E-state index is 0.157. The molecule has 3 rings (SSSR count). The number of likely N-dealkylation sites (tertiary alicyclic amines) is 1. The number of benzene rings is 1. The fraction of sp³-hybridized carbons (Fsp3) is 0.526. The SMILES string of the molecule is CN1CCC(N(C(=O)OC(C)(C)C)c2cccc3[nH]c(I)cc23)CC1. The molecule has 1 saturated heterocycles. The minimum atomic E-state index is -0.513. The van der Waals surface area contributed by atoms with E-state index < -0.39 is 5.60 Å². The van der Waals surface area contributed by atoms with Gasteiger partial charge in [-0.2, -0.15) is 0 Å². The second-order valence-corrected chi connectivity index (χ2v) is 8.90. The van der Waals surface area contributed by atoms with Crippen LogP contribution in [0.5, 0.6) is 0 Å². The molecule has 1 aliphatic heterocycles. The minimum Gasteiger partial charge on any atom is -0.443 e. The van der Waals surface area contributed by atoms with E-state index in [0.717, 1.165) is 46.2 Å². The molecule has 0 spiro atoms. The number of ether oxygens (including phenoxy) is 1. The first-order valence-electron chi connectivity index (χ1n) is 8.72. The number of carbonyl (C=O) groups is 1. The maximum atomic E-state index is 13.1. The number of rotatable bonds is 2. The molecule has 25 heavy (non-hydrogen) atoms. The normalized spacial score (nSPS) is 17.0. The number of nitrogens with one attached hydrogen (secondary N) is 1. The first-order chi connectivity index (χ1) is 11.7. The molecule has 1 aromatic heterocycles. The summed E-state index contributed by atoms with van der Waals surface area (Å²) in [6.45, 7) is 7.72. The predicted octanol–water partition coefficient (Wildman–Crippen LogP) is 4.61. The van der Waals surface area contributed by atoms with Gasteiger partial charge in [-0.25, -0.2) is 4.79 Å². The van der Waals surface area contributed by atoms with E-state index in [9.17, 15) is 4.79 Å². The van der Waals surface area contributed by atoms with Crippen LogP contribution in [0, 0.1) is 3.70 Å². The van der Waals surface area contributed by atoms with Crippen LogP contribution in [0.2, 0.25) is 0 Å². The summed E-state index contributed by atoms with van der Waals surface area (Å²) in [4.78, 5) is 20.6. The van der Waals surface area contributed by atoms with Gasteiger partial charge in [0.15, 0.2) is 0 Å². The van der Waals surface area contributed by atoms with Crippen molar-refractivity contribution in [1.82, 2.24) is 9.88 Å². The summed E-state index contributed by atoms with van der Waals surface area (Å²) in [7, 11) is 2.13. The van der Waals surface area contributed by atoms with Gasteiger partial charge in [0, 0.05) is 16.9 Å². The van der Waals surface area contributed by atoms with E-state index in [-0.39, 0.29) is 12.1 Å². The molecule has 0 aliphatic carbocycles. The maximum Gasteiger partial charge on any atom is 0.415 e. The van der Waals surface area contributed by atoms with Crippen LogP contribution < -0.4 is 4.90 Å². The van der Waals surface area contributed by atoms with E-state index >= 15 is 0 Å². The van der Waals surface area contributed by atoms with Crippen molar-refractivity contribution in [2.45, 2.75) is 45.3 Å². The van der Waals surface area contributed by atoms with Crippen LogP contribution >= 0.6 is 22.6 Å². The number of hydrogen-bond donors (Lipinski definition) is 1. The third kappa shape index (κ3) is 4.28. The summed E-state index contributed by atoms with van der Waals surface area (Å²) in [5, 5.41) is 1.07. The highest BCUT2D eigenvalue weighted by Crippen LogP contribution is 2.33. The topological polar surface area (TPSA) is 48.6 Å². The third-order valence-electron chi connectivity index (χ3n) is 4.51. The van der Waals surface area contributed by atoms with E-state index in [1.165, 1.54) is 0 Å². The van der Waals surface area contributed by atoms with Crippen molar-refractivity contribution in [1.29, 1.82) is 0 Å². The van der Waals surface area contributed by atoms with Crippen molar-refractivity contribution in [3.8, 4) is 0 Å². The van der Waals surface area contributed by atoms with Crippen molar-refractivity contribution in [3.05, 3.63) is 28.0 Å². The van der Waals surface area contributed by atoms with Gasteiger partial charge in [0.2, 0.25) is 0 Å². The van der Waals surface area contributed by atoms with Gasteiger partial charge in [-0.1, -0.05) is 6.07 Å². The van der Waals surface area contributed by atoms with Crippen molar-refractivity contribution in [2.75, 3.05) is 25.0 Å². The van der Waals surface area contributed by atoms with Gasteiger partial charge in [-0.3, -0.25) is 4.90 Å². The Labute approximate surface area is 162 Å². The van der Waals surface area contributed by atoms with Crippen LogP contribution in [0.15, 0.2) is 24.3 Å². The number of hydrogen-bond acceptors (Lipinski definition) is 3. The number of H-pyrrole nitrogens is 1. The average molecular weight is 455 g/mol. The molecule has 0 saturated carbocycles. The quantitative estimate of drug-likeness (QED) is 0.674. The molecule has 0 atom stereocenters. The van der Waals surface area contributed by atoms with E-state index in [1.807, 2.05) is 43.9 Å². The van der Waals surface area contributed by atoms with Crippen molar-refractivity contribution < 1.29 is 9.53 Å². The number of carbonyl (C=O) groups excluding carboxylic acids is 1. The third-order valence-corrected chi connectivity index (χ3v) is 5.09. The molecule has 6 heteroatoms. The lowest BCUT2D eigenvalue weighted by atomic mass is 10.0. The van der Waals surface area contributed by atoms with Crippen molar-refractivity contribution >= 4 is 45.3 Å². The molecule has 0 bridgehead atoms. The largest absolute Gasteiger partial charge is 0.443 e. The van der Waals surface area contributed by atoms with Gasteiger partial charge in [-0.05, 0) is 94.5 Å². The molecule has 1 fully saturated rings. The first kappa shape index (κ1) is 18.5. The van der Waals surface area contributed by atoms with Crippen molar-refractivity contribution in [3.63, 3.8) is 0 Å². The smallest absolute Gasteiger partial charge is 0.415 e. The molecule has 1 amide bonds. The first-order valence-corrected chi connectivity index (χ1v) is 9.80. The highest BCUT2D eigenvalue weighted by molar-refractivity contribution is 14.1. The molecule has 1 N–H and O–H groups in total. The second-order valence-electron chi connectivity index (χ2n) is 7.74. The lowest BCUT2D eigenvalue weighted by Gasteiger charge is -2.38. The number of amides is 1. The second kappa shape index (κ2) is 7.15. The Morgan fingerprint density at radius 1 is 1.32 bits per heavy atom. The number of halogens is 1. The van der Waals surface area contributed by atoms with Crippen molar-refractivity contribution in [2.24, 2.45) is 0 Å². The fourth-order valence-corrected chi connectivity index (χ4v) is 3.93. The summed E-state index contributed by atoms with van der Waals surface area (Å²) in [6, 6.07) is 8.31. The number of aromatic amines is 1. The molecule has 136 valence electrons. The Hall–Kier alpha value is -1.28. The standard InChI is InChI=1S/C19H26IN3O2/c1-19(2,3)25-18(24)23(13-8-10-22(4)11-9-13)16-7-5-6-15-14(16)12-17(20)21-15/h5-7,12-13,21H,8-11H2,1-4H3. The lowest BCUT2D eigenvalue weighted by Crippen LogP contribution is -2.48. The average Bonchev–Trinajstić information content (AvgIpc) is 2.89. The molecule has 0 unspecified atom stereocenters. The number of nitrogens with zero attached hydrogens (tertiary/aromatic N) is 2. The Kier molecular flexibility index (Phi) is 5.29. The monoisotopic (exact) mass is 455 g/mol. The predicted molar refractivity (Wildman–Crippen MR) is 110 cm³/mol. The van der Waals surface area contributed by atoms with Crippen LogP contribution in [0.4, 0.5) is 10.5 Å². The maximum absolute atomic E-state index is 13.1. The fourth-order valence-electron chi connectivity index (χ4n) is 3.32. The van der Waals surface area contributed by atoms with E-state index in [4.69, 9.17) is 4.74 Å². The van der Waals surface area contributed by atoms with Gasteiger partial charge in [0.1, 0.15) is 5.60 Å². The zero-order chi connectivity index (χ0) is 18.2. The Morgan fingerprint density at radius 2 is 2.00 bits per heavy atom. The summed E-state index contributed by atoms with van der Waals surface area (Å²) < 4.78 is 6.81. The van der Waals surface area contributed by atoms with Gasteiger partial charge in [0.25, 0.3) is 0 Å². The Bertz CT molecular complexity index is 758. The molecule has 2 aromatic rings. The highest BCUT2D eigenvalue weighted by Gasteiger charge is 2.32. The summed E-state index contributed by atoms with van der Waals surface area (Å²) >= 11 is 2.27. The molecular formula is C19H26IN3O2. The zero-order valence-corrected chi connectivity index (χ0v) is 17.5. The number of anilines is 1. The molecule has 0 radical (unpaired) electrons. The highest BCUT2D eigenvalue weighted by atomic mass is 127. The lowest BCUT2D eigenvalue weighted by molar-refractivity contribution is 0.0552.